The lowest BCUT2D eigenvalue weighted by atomic mass is 9.86. The molecule has 0 spiro atoms. The van der Waals surface area contributed by atoms with E-state index in [1.54, 1.807) is 19.5 Å². The minimum Gasteiger partial charge on any atom is -0.493 e. The van der Waals surface area contributed by atoms with Crippen LogP contribution in [0.1, 0.15) is 75.8 Å². The number of ether oxygens (including phenoxy) is 3. The first-order valence-corrected chi connectivity index (χ1v) is 17.2. The Hall–Kier alpha value is -3.62. The van der Waals surface area contributed by atoms with Gasteiger partial charge in [-0.1, -0.05) is 30.1 Å². The highest BCUT2D eigenvalue weighted by molar-refractivity contribution is 6.35. The Labute approximate surface area is 284 Å². The molecule has 4 aromatic rings. The van der Waals surface area contributed by atoms with Crippen LogP contribution in [0.2, 0.25) is 10.0 Å². The van der Waals surface area contributed by atoms with E-state index >= 15 is 0 Å². The molecule has 246 valence electrons. The Bertz CT molecular complexity index is 1800. The summed E-state index contributed by atoms with van der Waals surface area (Å²) in [5.74, 6) is 2.56. The van der Waals surface area contributed by atoms with E-state index in [2.05, 4.69) is 28.2 Å². The first kappa shape index (κ1) is 32.0. The van der Waals surface area contributed by atoms with Crippen LogP contribution in [0, 0.1) is 17.2 Å². The van der Waals surface area contributed by atoms with Gasteiger partial charge in [0.2, 0.25) is 0 Å². The smallest absolute Gasteiger partial charge is 0.162 e. The summed E-state index contributed by atoms with van der Waals surface area (Å²) < 4.78 is 20.4. The quantitative estimate of drug-likeness (QED) is 0.173. The van der Waals surface area contributed by atoms with Crippen molar-refractivity contribution in [1.82, 2.24) is 25.1 Å². The second-order valence-corrected chi connectivity index (χ2v) is 13.7. The molecule has 1 unspecified atom stereocenters. The molecule has 2 aliphatic heterocycles. The number of hydrogen-bond acceptors (Lipinski definition) is 9. The molecule has 10 nitrogen and oxygen atoms in total. The molecule has 0 radical (unpaired) electrons. The largest absolute Gasteiger partial charge is 0.493 e. The van der Waals surface area contributed by atoms with Gasteiger partial charge in [-0.25, -0.2) is 9.67 Å². The maximum atomic E-state index is 10.3. The lowest BCUT2D eigenvalue weighted by Crippen LogP contribution is -2.69. The third-order valence-electron chi connectivity index (χ3n) is 9.71. The molecule has 3 fully saturated rings. The van der Waals surface area contributed by atoms with Crippen molar-refractivity contribution in [2.75, 3.05) is 38.3 Å². The molecule has 3 aromatic heterocycles. The van der Waals surface area contributed by atoms with Crippen LogP contribution in [-0.2, 0) is 4.74 Å². The summed E-state index contributed by atoms with van der Waals surface area (Å²) in [6, 6.07) is 8.14. The summed E-state index contributed by atoms with van der Waals surface area (Å²) in [6.07, 6.45) is 10.8. The van der Waals surface area contributed by atoms with Gasteiger partial charge in [-0.3, -0.25) is 4.98 Å². The number of pyridine rings is 2. The number of anilines is 1. The van der Waals surface area contributed by atoms with Crippen molar-refractivity contribution in [1.29, 1.82) is 5.26 Å². The number of nitrogens with one attached hydrogen (secondary N) is 1. The Balaban J connectivity index is 1.26. The van der Waals surface area contributed by atoms with Crippen molar-refractivity contribution in [3.63, 3.8) is 0 Å². The molecular formula is C35H39Cl2N7O3. The summed E-state index contributed by atoms with van der Waals surface area (Å²) in [6.45, 7) is 7.51. The minimum absolute atomic E-state index is 0.0714. The molecule has 1 N–H and O–H groups in total. The van der Waals surface area contributed by atoms with Crippen LogP contribution in [0.3, 0.4) is 0 Å². The topological polar surface area (TPSA) is 110 Å². The van der Waals surface area contributed by atoms with Gasteiger partial charge in [0.1, 0.15) is 23.7 Å². The SMILES string of the molecule is CCC1(NCC2CC2)CN(c2ncc(-c3nn(C4CCCCO4)c4cc(OC)c(O[C@H](C)c5c(Cl)cncc5Cl)cc34)cc2C#N)C1. The second-order valence-electron chi connectivity index (χ2n) is 12.9. The first-order chi connectivity index (χ1) is 22.8. The van der Waals surface area contributed by atoms with Gasteiger partial charge in [-0.05, 0) is 70.0 Å². The molecule has 1 aromatic carbocycles. The van der Waals surface area contributed by atoms with Crippen molar-refractivity contribution in [3.8, 4) is 28.8 Å². The summed E-state index contributed by atoms with van der Waals surface area (Å²) in [4.78, 5) is 11.1. The standard InChI is InChI=1S/C35H39Cl2N7O3/c1-4-35(41-15-22-8-9-22)19-43(20-35)34-23(14-38)11-24(16-40-34)33-25-12-30(47-21(2)32-26(36)17-39-18-27(32)37)29(45-3)13-28(25)44(42-33)31-7-5-6-10-46-31/h11-13,16-18,21-22,31,41H,4-10,15,19-20H2,1-3H3/t21-,31?/m1/s1. The van der Waals surface area contributed by atoms with Crippen LogP contribution < -0.4 is 19.7 Å². The Morgan fingerprint density at radius 1 is 1.11 bits per heavy atom. The van der Waals surface area contributed by atoms with Crippen LogP contribution in [0.15, 0.2) is 36.8 Å². The highest BCUT2D eigenvalue weighted by Gasteiger charge is 2.43. The van der Waals surface area contributed by atoms with Gasteiger partial charge in [0, 0.05) is 60.9 Å². The summed E-state index contributed by atoms with van der Waals surface area (Å²) in [5, 5.41) is 20.8. The van der Waals surface area contributed by atoms with E-state index in [1.807, 2.05) is 36.0 Å². The zero-order chi connectivity index (χ0) is 32.7. The van der Waals surface area contributed by atoms with Gasteiger partial charge in [0.25, 0.3) is 0 Å². The van der Waals surface area contributed by atoms with Gasteiger partial charge in [-0.15, -0.1) is 0 Å². The number of nitrogens with zero attached hydrogens (tertiary/aromatic N) is 6. The van der Waals surface area contributed by atoms with E-state index in [1.165, 1.54) is 12.8 Å². The van der Waals surface area contributed by atoms with Gasteiger partial charge < -0.3 is 24.4 Å². The van der Waals surface area contributed by atoms with Gasteiger partial charge >= 0.3 is 0 Å². The monoisotopic (exact) mass is 675 g/mol. The second kappa shape index (κ2) is 13.1. The fraction of sp³-hybridized carbons (Fsp3) is 0.486. The lowest BCUT2D eigenvalue weighted by molar-refractivity contribution is -0.0365. The maximum absolute atomic E-state index is 10.3. The number of rotatable bonds is 11. The molecule has 47 heavy (non-hydrogen) atoms. The van der Waals surface area contributed by atoms with E-state index < -0.39 is 6.10 Å². The molecule has 3 aliphatic rings. The van der Waals surface area contributed by atoms with Crippen LogP contribution in [0.4, 0.5) is 5.82 Å². The average molecular weight is 677 g/mol. The molecule has 1 aliphatic carbocycles. The summed E-state index contributed by atoms with van der Waals surface area (Å²) in [5.41, 5.74) is 3.49. The number of fused-ring (bicyclic) bond motifs is 1. The summed E-state index contributed by atoms with van der Waals surface area (Å²) in [7, 11) is 1.61. The van der Waals surface area contributed by atoms with Crippen molar-refractivity contribution < 1.29 is 14.2 Å². The molecule has 0 bridgehead atoms. The molecule has 1 saturated carbocycles. The van der Waals surface area contributed by atoms with Crippen LogP contribution in [0.25, 0.3) is 22.2 Å². The van der Waals surface area contributed by atoms with E-state index in [4.69, 9.17) is 47.5 Å². The van der Waals surface area contributed by atoms with Gasteiger partial charge in [-0.2, -0.15) is 10.4 Å². The van der Waals surface area contributed by atoms with E-state index in [0.717, 1.165) is 67.7 Å². The third kappa shape index (κ3) is 6.22. The minimum atomic E-state index is -0.499. The van der Waals surface area contributed by atoms with Gasteiger partial charge in [0.15, 0.2) is 17.7 Å². The molecule has 5 heterocycles. The number of hydrogen-bond donors (Lipinski definition) is 1. The molecule has 2 saturated heterocycles. The third-order valence-corrected chi connectivity index (χ3v) is 10.3. The van der Waals surface area contributed by atoms with Crippen molar-refractivity contribution in [2.24, 2.45) is 5.92 Å². The number of aromatic nitrogens is 4. The number of benzene rings is 1. The molecule has 2 atom stereocenters. The fourth-order valence-electron chi connectivity index (χ4n) is 6.70. The van der Waals surface area contributed by atoms with Crippen LogP contribution in [0.5, 0.6) is 11.5 Å². The first-order valence-electron chi connectivity index (χ1n) is 16.4. The van der Waals surface area contributed by atoms with Crippen molar-refractivity contribution in [3.05, 3.63) is 58.0 Å². The zero-order valence-electron chi connectivity index (χ0n) is 26.9. The van der Waals surface area contributed by atoms with Crippen LogP contribution >= 0.6 is 23.2 Å². The predicted molar refractivity (Wildman–Crippen MR) is 182 cm³/mol. The maximum Gasteiger partial charge on any atom is 0.162 e. The lowest BCUT2D eigenvalue weighted by Gasteiger charge is -2.51. The van der Waals surface area contributed by atoms with E-state index in [-0.39, 0.29) is 11.8 Å². The van der Waals surface area contributed by atoms with E-state index in [0.29, 0.717) is 50.8 Å². The molecule has 7 rings (SSSR count). The predicted octanol–water partition coefficient (Wildman–Crippen LogP) is 7.49. The van der Waals surface area contributed by atoms with Crippen molar-refractivity contribution >= 4 is 39.9 Å². The average Bonchev–Trinajstić information content (AvgIpc) is 3.83. The van der Waals surface area contributed by atoms with Crippen LogP contribution in [-0.4, -0.2) is 58.6 Å². The highest BCUT2D eigenvalue weighted by Crippen LogP contribution is 2.43. The Morgan fingerprint density at radius 3 is 2.55 bits per heavy atom. The molecule has 0 amide bonds. The molecule has 12 heteroatoms. The van der Waals surface area contributed by atoms with E-state index in [9.17, 15) is 5.26 Å². The Morgan fingerprint density at radius 2 is 1.89 bits per heavy atom. The fourth-order valence-corrected chi connectivity index (χ4v) is 7.37. The zero-order valence-corrected chi connectivity index (χ0v) is 28.4. The molecular weight excluding hydrogens is 637 g/mol. The van der Waals surface area contributed by atoms with Gasteiger partial charge in [0.05, 0.1) is 33.8 Å². The number of halogens is 2. The normalized spacial score (nSPS) is 19.7. The highest BCUT2D eigenvalue weighted by atomic mass is 35.5. The number of nitriles is 1. The number of methoxy groups -OCH3 is 1. The summed E-state index contributed by atoms with van der Waals surface area (Å²) >= 11 is 12.9. The van der Waals surface area contributed by atoms with Crippen molar-refractivity contribution in [2.45, 2.75) is 70.2 Å². The Kier molecular flexibility index (Phi) is 8.92.